The Bertz CT molecular complexity index is 1330. The van der Waals surface area contributed by atoms with Gasteiger partial charge >= 0.3 is 7.25 Å². The van der Waals surface area contributed by atoms with E-state index >= 15 is 0 Å². The molecule has 3 aromatic carbocycles. The summed E-state index contributed by atoms with van der Waals surface area (Å²) in [5.41, 5.74) is 3.62. The van der Waals surface area contributed by atoms with Gasteiger partial charge in [0.2, 0.25) is 11.0 Å². The highest BCUT2D eigenvalue weighted by atomic mass is 19.5. The van der Waals surface area contributed by atoms with Crippen molar-refractivity contribution in [2.75, 3.05) is 0 Å². The zero-order chi connectivity index (χ0) is 24.0. The maximum atomic E-state index is 11.1. The molecule has 0 aliphatic carbocycles. The van der Waals surface area contributed by atoms with Crippen LogP contribution in [-0.2, 0) is 6.42 Å². The number of benzene rings is 3. The maximum Gasteiger partial charge on any atom is 0.673 e. The number of nitrogens with one attached hydrogen (secondary N) is 1. The third-order valence-electron chi connectivity index (χ3n) is 4.63. The summed E-state index contributed by atoms with van der Waals surface area (Å²) in [4.78, 5) is 14.0. The summed E-state index contributed by atoms with van der Waals surface area (Å²) in [5.74, 6) is 0.727. The monoisotopic (exact) mass is 458 g/mol. The summed E-state index contributed by atoms with van der Waals surface area (Å²) < 4.78 is 45.1. The Balaban J connectivity index is 0.000000555. The van der Waals surface area contributed by atoms with E-state index in [0.717, 1.165) is 34.1 Å². The van der Waals surface area contributed by atoms with Gasteiger partial charge in [0.05, 0.1) is 22.4 Å². The Kier molecular flexibility index (Phi) is 7.27. The van der Waals surface area contributed by atoms with Gasteiger partial charge < -0.3 is 21.7 Å². The molecule has 10 heteroatoms. The first-order valence-corrected chi connectivity index (χ1v) is 9.98. The van der Waals surface area contributed by atoms with Gasteiger partial charge in [-0.05, 0) is 30.2 Å². The number of non-ortho nitro benzene ring substituents is 1. The van der Waals surface area contributed by atoms with Crippen molar-refractivity contribution in [3.05, 3.63) is 99.9 Å². The molecule has 1 aromatic heterocycles. The lowest BCUT2D eigenvalue weighted by atomic mass is 10.1. The van der Waals surface area contributed by atoms with Crippen molar-refractivity contribution in [2.24, 2.45) is 0 Å². The van der Waals surface area contributed by atoms with E-state index in [-0.39, 0.29) is 5.69 Å². The molecule has 0 fully saturated rings. The van der Waals surface area contributed by atoms with Gasteiger partial charge in [-0.15, -0.1) is 0 Å². The molecule has 5 nitrogen and oxygen atoms in total. The second-order valence-electron chi connectivity index (χ2n) is 7.00. The van der Waals surface area contributed by atoms with E-state index in [1.165, 1.54) is 17.7 Å². The molecule has 0 unspecified atom stereocenters. The Morgan fingerprint density at radius 1 is 0.939 bits per heavy atom. The molecule has 0 aliphatic rings. The van der Waals surface area contributed by atoms with E-state index in [4.69, 9.17) is 4.42 Å². The number of nitro groups is 1. The number of nitrogens with zero attached hydrogens (tertiary/aromatic N) is 1. The third-order valence-corrected chi connectivity index (χ3v) is 4.63. The first kappa shape index (κ1) is 23.7. The Hall–Kier alpha value is -3.95. The quantitative estimate of drug-likeness (QED) is 0.198. The SMILES string of the molecule is CCc1ccc2oc(-c3ccccc3)cc(=[NH+]c3cccc([N+](=O)[O-])c3)c2c1.F[B-](F)(F)F. The van der Waals surface area contributed by atoms with Crippen LogP contribution in [-0.4, -0.2) is 12.2 Å². The van der Waals surface area contributed by atoms with Crippen LogP contribution in [0.15, 0.2) is 83.3 Å². The molecule has 170 valence electrons. The number of hydrogen-bond acceptors (Lipinski definition) is 3. The normalized spacial score (nSPS) is 11.7. The van der Waals surface area contributed by atoms with Crippen LogP contribution in [0.1, 0.15) is 12.5 Å². The lowest BCUT2D eigenvalue weighted by Gasteiger charge is -2.04. The minimum Gasteiger partial charge on any atom is -0.456 e. The van der Waals surface area contributed by atoms with Crippen molar-refractivity contribution >= 4 is 29.6 Å². The average Bonchev–Trinajstić information content (AvgIpc) is 2.78. The zero-order valence-corrected chi connectivity index (χ0v) is 17.5. The molecule has 0 radical (unpaired) electrons. The van der Waals surface area contributed by atoms with Crippen LogP contribution in [0.5, 0.6) is 0 Å². The van der Waals surface area contributed by atoms with E-state index in [9.17, 15) is 27.4 Å². The minimum atomic E-state index is -6.00. The van der Waals surface area contributed by atoms with Gasteiger partial charge in [-0.2, -0.15) is 0 Å². The van der Waals surface area contributed by atoms with Crippen molar-refractivity contribution in [1.82, 2.24) is 0 Å². The van der Waals surface area contributed by atoms with Gasteiger partial charge in [-0.25, -0.2) is 4.99 Å². The van der Waals surface area contributed by atoms with Crippen LogP contribution in [0.3, 0.4) is 0 Å². The molecule has 0 spiro atoms. The number of nitro benzene ring substituents is 1. The molecule has 1 N–H and O–H groups in total. The molecule has 0 aliphatic heterocycles. The first-order chi connectivity index (χ1) is 15.6. The Morgan fingerprint density at radius 2 is 1.64 bits per heavy atom. The largest absolute Gasteiger partial charge is 0.673 e. The van der Waals surface area contributed by atoms with Crippen molar-refractivity contribution in [3.63, 3.8) is 0 Å². The molecule has 4 aromatic rings. The molecule has 0 bridgehead atoms. The molecular weight excluding hydrogens is 439 g/mol. The van der Waals surface area contributed by atoms with Gasteiger partial charge in [0, 0.05) is 17.7 Å². The molecule has 4 rings (SSSR count). The van der Waals surface area contributed by atoms with Crippen molar-refractivity contribution in [1.29, 1.82) is 0 Å². The number of fused-ring (bicyclic) bond motifs is 1. The minimum absolute atomic E-state index is 0.0486. The molecule has 33 heavy (non-hydrogen) atoms. The number of hydrogen-bond donors (Lipinski definition) is 1. The number of aryl methyl sites for hydroxylation is 1. The summed E-state index contributed by atoms with van der Waals surface area (Å²) in [6.45, 7) is 2.10. The maximum absolute atomic E-state index is 11.1. The zero-order valence-electron chi connectivity index (χ0n) is 17.5. The van der Waals surface area contributed by atoms with Gasteiger partial charge in [-0.1, -0.05) is 43.3 Å². The van der Waals surface area contributed by atoms with Crippen molar-refractivity contribution in [2.45, 2.75) is 13.3 Å². The van der Waals surface area contributed by atoms with Gasteiger partial charge in [-0.3, -0.25) is 10.1 Å². The predicted octanol–water partition coefficient (Wildman–Crippen LogP) is 5.18. The molecule has 0 amide bonds. The Morgan fingerprint density at radius 3 is 2.27 bits per heavy atom. The summed E-state index contributed by atoms with van der Waals surface area (Å²) in [6.07, 6.45) is 0.909. The van der Waals surface area contributed by atoms with Crippen LogP contribution in [0.4, 0.5) is 28.6 Å². The summed E-state index contributed by atoms with van der Waals surface area (Å²) in [7, 11) is -6.00. The van der Waals surface area contributed by atoms with Gasteiger partial charge in [0.1, 0.15) is 11.3 Å². The fraction of sp³-hybridized carbons (Fsp3) is 0.0870. The van der Waals surface area contributed by atoms with Crippen LogP contribution in [0.2, 0.25) is 0 Å². The molecule has 0 saturated heterocycles. The first-order valence-electron chi connectivity index (χ1n) is 9.98. The lowest BCUT2D eigenvalue weighted by molar-refractivity contribution is -0.405. The van der Waals surface area contributed by atoms with Crippen molar-refractivity contribution in [3.8, 4) is 11.3 Å². The van der Waals surface area contributed by atoms with Crippen LogP contribution < -0.4 is 10.3 Å². The number of rotatable bonds is 4. The van der Waals surface area contributed by atoms with E-state index in [2.05, 4.69) is 24.0 Å². The highest BCUT2D eigenvalue weighted by Gasteiger charge is 2.20. The highest BCUT2D eigenvalue weighted by molar-refractivity contribution is 6.50. The molecule has 0 saturated carbocycles. The second-order valence-corrected chi connectivity index (χ2v) is 7.00. The summed E-state index contributed by atoms with van der Waals surface area (Å²) >= 11 is 0. The standard InChI is InChI=1S/C23H18N2O3.BF4/c1-2-16-11-12-22-20(13-16)21(15-23(28-22)17-7-4-3-5-8-17)24-18-9-6-10-19(14-18)25(26)27;2-1(3,4)5/h3-15H,2H2,1H3;/q;-1/p+1. The molecular formula is C23H19BF4N2O3. The second kappa shape index (κ2) is 10.1. The fourth-order valence-electron chi connectivity index (χ4n) is 3.15. The highest BCUT2D eigenvalue weighted by Crippen LogP contribution is 2.22. The summed E-state index contributed by atoms with van der Waals surface area (Å²) in [5, 5.41) is 12.9. The topological polar surface area (TPSA) is 70.2 Å². The fourth-order valence-corrected chi connectivity index (χ4v) is 3.15. The number of halogens is 4. The predicted molar refractivity (Wildman–Crippen MR) is 118 cm³/mol. The van der Waals surface area contributed by atoms with Crippen LogP contribution in [0.25, 0.3) is 22.3 Å². The van der Waals surface area contributed by atoms with Crippen molar-refractivity contribution < 1.29 is 31.6 Å². The summed E-state index contributed by atoms with van der Waals surface area (Å²) in [6, 6.07) is 24.4. The van der Waals surface area contributed by atoms with E-state index < -0.39 is 12.2 Å². The van der Waals surface area contributed by atoms with E-state index in [1.807, 2.05) is 48.5 Å². The van der Waals surface area contributed by atoms with Crippen LogP contribution in [0, 0.1) is 10.1 Å². The molecule has 0 atom stereocenters. The lowest BCUT2D eigenvalue weighted by Crippen LogP contribution is -2.70. The Labute approximate surface area is 186 Å². The van der Waals surface area contributed by atoms with Crippen LogP contribution >= 0.6 is 0 Å². The third kappa shape index (κ3) is 6.77. The van der Waals surface area contributed by atoms with Gasteiger partial charge in [0.25, 0.3) is 5.69 Å². The van der Waals surface area contributed by atoms with E-state index in [0.29, 0.717) is 5.69 Å². The van der Waals surface area contributed by atoms with Gasteiger partial charge in [0.15, 0.2) is 0 Å². The van der Waals surface area contributed by atoms with E-state index in [1.54, 1.807) is 6.07 Å². The molecule has 1 heterocycles. The average molecular weight is 458 g/mol. The smallest absolute Gasteiger partial charge is 0.456 e.